The molecule has 0 amide bonds. The maximum absolute atomic E-state index is 4.55. The van der Waals surface area contributed by atoms with E-state index in [0.29, 0.717) is 6.04 Å². The molecule has 1 aromatic carbocycles. The maximum atomic E-state index is 4.55. The SMILES string of the molecule is CN(C)[C@@H](CNc1ncnc2sc3c(c12)CCC3)c1ccccc1. The number of rotatable bonds is 5. The Bertz CT molecular complexity index is 841. The Morgan fingerprint density at radius 2 is 2.00 bits per heavy atom. The van der Waals surface area contributed by atoms with Crippen molar-refractivity contribution < 1.29 is 0 Å². The molecule has 1 aliphatic carbocycles. The van der Waals surface area contributed by atoms with E-state index in [-0.39, 0.29) is 0 Å². The van der Waals surface area contributed by atoms with Crippen LogP contribution in [-0.4, -0.2) is 35.5 Å². The van der Waals surface area contributed by atoms with E-state index in [4.69, 9.17) is 0 Å². The monoisotopic (exact) mass is 338 g/mol. The Morgan fingerprint density at radius 3 is 2.79 bits per heavy atom. The van der Waals surface area contributed by atoms with Crippen molar-refractivity contribution in [2.24, 2.45) is 0 Å². The lowest BCUT2D eigenvalue weighted by Gasteiger charge is -2.25. The molecule has 0 radical (unpaired) electrons. The Hall–Kier alpha value is -1.98. The lowest BCUT2D eigenvalue weighted by atomic mass is 10.1. The summed E-state index contributed by atoms with van der Waals surface area (Å²) in [6.07, 6.45) is 5.30. The number of hydrogen-bond donors (Lipinski definition) is 1. The van der Waals surface area contributed by atoms with Gasteiger partial charge in [0.1, 0.15) is 17.0 Å². The summed E-state index contributed by atoms with van der Waals surface area (Å²) in [5, 5.41) is 4.85. The van der Waals surface area contributed by atoms with Gasteiger partial charge in [0.05, 0.1) is 11.4 Å². The molecule has 0 saturated heterocycles. The highest BCUT2D eigenvalue weighted by molar-refractivity contribution is 7.19. The van der Waals surface area contributed by atoms with Crippen molar-refractivity contribution >= 4 is 27.4 Å². The minimum absolute atomic E-state index is 0.308. The van der Waals surface area contributed by atoms with Gasteiger partial charge >= 0.3 is 0 Å². The Kier molecular flexibility index (Phi) is 4.21. The van der Waals surface area contributed by atoms with Crippen LogP contribution in [0.1, 0.15) is 28.5 Å². The van der Waals surface area contributed by atoms with Crippen LogP contribution >= 0.6 is 11.3 Å². The smallest absolute Gasteiger partial charge is 0.138 e. The minimum Gasteiger partial charge on any atom is -0.368 e. The first-order chi connectivity index (χ1) is 11.7. The number of likely N-dealkylation sites (N-methyl/N-ethyl adjacent to an activating group) is 1. The Morgan fingerprint density at radius 1 is 1.17 bits per heavy atom. The number of benzene rings is 1. The molecule has 1 N–H and O–H groups in total. The first-order valence-electron chi connectivity index (χ1n) is 8.44. The van der Waals surface area contributed by atoms with Crippen LogP contribution in [0.3, 0.4) is 0 Å². The molecule has 3 aromatic rings. The van der Waals surface area contributed by atoms with Crippen LogP contribution in [0, 0.1) is 0 Å². The molecule has 4 nitrogen and oxygen atoms in total. The third-order valence-electron chi connectivity index (χ3n) is 4.77. The molecule has 124 valence electrons. The van der Waals surface area contributed by atoms with Gasteiger partial charge in [-0.05, 0) is 44.5 Å². The predicted octanol–water partition coefficient (Wildman–Crippen LogP) is 3.89. The molecule has 24 heavy (non-hydrogen) atoms. The van der Waals surface area contributed by atoms with Crippen LogP contribution in [-0.2, 0) is 12.8 Å². The number of fused-ring (bicyclic) bond motifs is 3. The highest BCUT2D eigenvalue weighted by Crippen LogP contribution is 2.39. The van der Waals surface area contributed by atoms with Crippen LogP contribution < -0.4 is 5.32 Å². The number of thiophene rings is 1. The van der Waals surface area contributed by atoms with Gasteiger partial charge in [-0.2, -0.15) is 0 Å². The predicted molar refractivity (Wildman–Crippen MR) is 101 cm³/mol. The first kappa shape index (κ1) is 15.5. The van der Waals surface area contributed by atoms with Crippen LogP contribution in [0.25, 0.3) is 10.2 Å². The van der Waals surface area contributed by atoms with Crippen LogP contribution in [0.15, 0.2) is 36.7 Å². The molecular formula is C19H22N4S. The quantitative estimate of drug-likeness (QED) is 0.766. The third-order valence-corrected chi connectivity index (χ3v) is 5.97. The summed E-state index contributed by atoms with van der Waals surface area (Å²) < 4.78 is 0. The lowest BCUT2D eigenvalue weighted by molar-refractivity contribution is 0.311. The van der Waals surface area contributed by atoms with E-state index in [1.807, 2.05) is 11.3 Å². The second kappa shape index (κ2) is 6.49. The third kappa shape index (κ3) is 2.78. The van der Waals surface area contributed by atoms with Crippen molar-refractivity contribution in [3.63, 3.8) is 0 Å². The van der Waals surface area contributed by atoms with Crippen LogP contribution in [0.4, 0.5) is 5.82 Å². The zero-order valence-electron chi connectivity index (χ0n) is 14.1. The fraction of sp³-hybridized carbons (Fsp3) is 0.368. The second-order valence-corrected chi connectivity index (χ2v) is 7.61. The molecule has 2 aromatic heterocycles. The highest BCUT2D eigenvalue weighted by Gasteiger charge is 2.22. The molecule has 0 saturated carbocycles. The molecule has 5 heteroatoms. The number of aryl methyl sites for hydroxylation is 2. The van der Waals surface area contributed by atoms with Gasteiger partial charge in [0.15, 0.2) is 0 Å². The minimum atomic E-state index is 0.308. The van der Waals surface area contributed by atoms with Crippen molar-refractivity contribution in [3.05, 3.63) is 52.7 Å². The van der Waals surface area contributed by atoms with Crippen molar-refractivity contribution in [2.75, 3.05) is 26.0 Å². The van der Waals surface area contributed by atoms with E-state index < -0.39 is 0 Å². The molecule has 2 heterocycles. The van der Waals surface area contributed by atoms with Gasteiger partial charge in [-0.25, -0.2) is 9.97 Å². The molecule has 0 fully saturated rings. The summed E-state index contributed by atoms with van der Waals surface area (Å²) in [6, 6.07) is 10.9. The van der Waals surface area contributed by atoms with E-state index in [2.05, 4.69) is 64.6 Å². The number of hydrogen-bond acceptors (Lipinski definition) is 5. The summed E-state index contributed by atoms with van der Waals surface area (Å²) in [7, 11) is 4.24. The highest BCUT2D eigenvalue weighted by atomic mass is 32.1. The zero-order valence-corrected chi connectivity index (χ0v) is 14.9. The standard InChI is InChI=1S/C19H22N4S/c1-23(2)15(13-7-4-3-5-8-13)11-20-18-17-14-9-6-10-16(14)24-19(17)22-12-21-18/h3-5,7-8,12,15H,6,9-11H2,1-2H3,(H,20,21,22)/t15-/m0/s1. The van der Waals surface area contributed by atoms with Crippen LogP contribution in [0.2, 0.25) is 0 Å². The largest absolute Gasteiger partial charge is 0.368 e. The summed E-state index contributed by atoms with van der Waals surface area (Å²) >= 11 is 1.84. The maximum Gasteiger partial charge on any atom is 0.138 e. The molecular weight excluding hydrogens is 316 g/mol. The van der Waals surface area contributed by atoms with Gasteiger partial charge in [0.2, 0.25) is 0 Å². The van der Waals surface area contributed by atoms with Crippen molar-refractivity contribution in [2.45, 2.75) is 25.3 Å². The summed E-state index contributed by atoms with van der Waals surface area (Å²) in [4.78, 5) is 13.9. The molecule has 1 aliphatic rings. The summed E-state index contributed by atoms with van der Waals surface area (Å²) in [5.74, 6) is 0.988. The number of aromatic nitrogens is 2. The van der Waals surface area contributed by atoms with E-state index in [9.17, 15) is 0 Å². The van der Waals surface area contributed by atoms with Gasteiger partial charge in [-0.1, -0.05) is 30.3 Å². The van der Waals surface area contributed by atoms with E-state index in [1.165, 1.54) is 34.2 Å². The van der Waals surface area contributed by atoms with E-state index in [1.54, 1.807) is 6.33 Å². The fourth-order valence-corrected chi connectivity index (χ4v) is 4.76. The van der Waals surface area contributed by atoms with Gasteiger partial charge in [0.25, 0.3) is 0 Å². The van der Waals surface area contributed by atoms with Crippen molar-refractivity contribution in [1.82, 2.24) is 14.9 Å². The topological polar surface area (TPSA) is 41.0 Å². The molecule has 4 rings (SSSR count). The first-order valence-corrected chi connectivity index (χ1v) is 9.26. The van der Waals surface area contributed by atoms with E-state index >= 15 is 0 Å². The summed E-state index contributed by atoms with van der Waals surface area (Å²) in [5.41, 5.74) is 2.79. The Balaban J connectivity index is 1.62. The number of nitrogens with zero attached hydrogens (tertiary/aromatic N) is 3. The fourth-order valence-electron chi connectivity index (χ4n) is 3.53. The molecule has 0 spiro atoms. The van der Waals surface area contributed by atoms with Gasteiger partial charge in [-0.15, -0.1) is 11.3 Å². The van der Waals surface area contributed by atoms with Gasteiger partial charge < -0.3 is 10.2 Å². The van der Waals surface area contributed by atoms with E-state index in [0.717, 1.165) is 23.6 Å². The van der Waals surface area contributed by atoms with Crippen molar-refractivity contribution in [1.29, 1.82) is 0 Å². The van der Waals surface area contributed by atoms with Crippen molar-refractivity contribution in [3.8, 4) is 0 Å². The molecule has 0 unspecified atom stereocenters. The number of nitrogens with one attached hydrogen (secondary N) is 1. The molecule has 1 atom stereocenters. The molecule has 0 bridgehead atoms. The van der Waals surface area contributed by atoms with Gasteiger partial charge in [0, 0.05) is 11.4 Å². The summed E-state index contributed by atoms with van der Waals surface area (Å²) in [6.45, 7) is 0.827. The Labute approximate surface area is 146 Å². The van der Waals surface area contributed by atoms with Gasteiger partial charge in [-0.3, -0.25) is 0 Å². The average molecular weight is 338 g/mol. The zero-order chi connectivity index (χ0) is 16.5. The lowest BCUT2D eigenvalue weighted by Crippen LogP contribution is -2.27. The van der Waals surface area contributed by atoms with Crippen LogP contribution in [0.5, 0.6) is 0 Å². The second-order valence-electron chi connectivity index (χ2n) is 6.53. The molecule has 0 aliphatic heterocycles. The average Bonchev–Trinajstić information content (AvgIpc) is 3.16. The normalized spacial score (nSPS) is 15.0. The number of anilines is 1.